The van der Waals surface area contributed by atoms with Gasteiger partial charge in [-0.3, -0.25) is 0 Å². The molecule has 0 radical (unpaired) electrons. The van der Waals surface area contributed by atoms with Gasteiger partial charge in [0.1, 0.15) is 29.5 Å². The molecule has 0 aliphatic heterocycles. The van der Waals surface area contributed by atoms with E-state index >= 15 is 0 Å². The lowest BCUT2D eigenvalue weighted by atomic mass is 9.96. The van der Waals surface area contributed by atoms with Crippen molar-refractivity contribution in [2.75, 3.05) is 0 Å². The highest BCUT2D eigenvalue weighted by molar-refractivity contribution is 5.96. The van der Waals surface area contributed by atoms with Crippen LogP contribution in [0.15, 0.2) is 60.7 Å². The molecular formula is C23H21FO5. The maximum absolute atomic E-state index is 14.8. The molecule has 3 rings (SSSR count). The van der Waals surface area contributed by atoms with Gasteiger partial charge in [0.25, 0.3) is 0 Å². The predicted octanol–water partition coefficient (Wildman–Crippen LogP) is 3.92. The third-order valence-electron chi connectivity index (χ3n) is 4.53. The maximum atomic E-state index is 14.8. The van der Waals surface area contributed by atoms with Crippen molar-refractivity contribution in [2.45, 2.75) is 26.7 Å². The molecule has 0 amide bonds. The second kappa shape index (κ2) is 9.32. The van der Waals surface area contributed by atoms with Gasteiger partial charge >= 0.3 is 5.97 Å². The molecule has 29 heavy (non-hydrogen) atoms. The number of aliphatic hydroxyl groups excluding tert-OH is 2. The fourth-order valence-electron chi connectivity index (χ4n) is 3.04. The van der Waals surface area contributed by atoms with Crippen LogP contribution in [0.1, 0.15) is 32.6 Å². The number of aliphatic hydroxyl groups is 2. The lowest BCUT2D eigenvalue weighted by Crippen LogP contribution is -2.17. The van der Waals surface area contributed by atoms with E-state index in [-0.39, 0.29) is 34.6 Å². The fourth-order valence-corrected chi connectivity index (χ4v) is 3.04. The van der Waals surface area contributed by atoms with E-state index in [1.165, 1.54) is 6.92 Å². The van der Waals surface area contributed by atoms with Gasteiger partial charge in [0, 0.05) is 16.7 Å². The maximum Gasteiger partial charge on any atom is 0.347 e. The first kappa shape index (κ1) is 20.5. The molecule has 0 aliphatic rings. The average Bonchev–Trinajstić information content (AvgIpc) is 2.75. The Kier molecular flexibility index (Phi) is 6.59. The van der Waals surface area contributed by atoms with E-state index in [4.69, 9.17) is 9.47 Å². The molecule has 3 aromatic rings. The molecule has 0 atom stereocenters. The molecule has 6 heteroatoms. The number of ether oxygens (including phenoxy) is 2. The van der Waals surface area contributed by atoms with E-state index in [1.54, 1.807) is 30.3 Å². The molecular weight excluding hydrogens is 375 g/mol. The monoisotopic (exact) mass is 396 g/mol. The van der Waals surface area contributed by atoms with Crippen LogP contribution < -0.4 is 9.47 Å². The second-order valence-electron chi connectivity index (χ2n) is 6.39. The summed E-state index contributed by atoms with van der Waals surface area (Å²) in [4.78, 5) is 12.9. The van der Waals surface area contributed by atoms with Crippen LogP contribution in [0.2, 0.25) is 0 Å². The Morgan fingerprint density at radius 3 is 2.10 bits per heavy atom. The summed E-state index contributed by atoms with van der Waals surface area (Å²) in [5.41, 5.74) is 0.598. The van der Waals surface area contributed by atoms with Crippen molar-refractivity contribution in [1.82, 2.24) is 0 Å². The molecule has 0 unspecified atom stereocenters. The zero-order valence-electron chi connectivity index (χ0n) is 15.9. The van der Waals surface area contributed by atoms with Crippen molar-refractivity contribution in [3.05, 3.63) is 94.3 Å². The van der Waals surface area contributed by atoms with Crippen molar-refractivity contribution in [3.8, 4) is 11.5 Å². The first-order valence-electron chi connectivity index (χ1n) is 9.06. The lowest BCUT2D eigenvalue weighted by molar-refractivity contribution is 0.0727. The Labute approximate surface area is 168 Å². The largest absolute Gasteiger partial charge is 0.488 e. The van der Waals surface area contributed by atoms with Crippen LogP contribution >= 0.6 is 0 Å². The van der Waals surface area contributed by atoms with Gasteiger partial charge in [-0.2, -0.15) is 0 Å². The molecule has 0 heterocycles. The molecule has 3 aromatic carbocycles. The van der Waals surface area contributed by atoms with E-state index < -0.39 is 25.0 Å². The summed E-state index contributed by atoms with van der Waals surface area (Å²) in [6.07, 6.45) is 0. The molecule has 5 nitrogen and oxygen atoms in total. The third-order valence-corrected chi connectivity index (χ3v) is 4.53. The number of benzene rings is 3. The molecule has 150 valence electrons. The smallest absolute Gasteiger partial charge is 0.347 e. The van der Waals surface area contributed by atoms with E-state index in [1.807, 2.05) is 30.3 Å². The summed E-state index contributed by atoms with van der Waals surface area (Å²) < 4.78 is 26.0. The van der Waals surface area contributed by atoms with Crippen molar-refractivity contribution >= 4 is 5.97 Å². The number of carbonyl (C=O) groups excluding carboxylic acids is 1. The Hall–Kier alpha value is -3.22. The number of hydrogen-bond acceptors (Lipinski definition) is 5. The van der Waals surface area contributed by atoms with Gasteiger partial charge in [-0.25, -0.2) is 9.18 Å². The predicted molar refractivity (Wildman–Crippen MR) is 105 cm³/mol. The van der Waals surface area contributed by atoms with Crippen molar-refractivity contribution in [1.29, 1.82) is 0 Å². The first-order chi connectivity index (χ1) is 14.1. The van der Waals surface area contributed by atoms with Gasteiger partial charge in [-0.05, 0) is 24.6 Å². The van der Waals surface area contributed by atoms with Gasteiger partial charge in [0.15, 0.2) is 0 Å². The molecule has 0 spiro atoms. The number of esters is 1. The zero-order chi connectivity index (χ0) is 20.8. The van der Waals surface area contributed by atoms with Crippen LogP contribution in [0.4, 0.5) is 4.39 Å². The van der Waals surface area contributed by atoms with E-state index in [0.717, 1.165) is 5.56 Å². The Morgan fingerprint density at radius 2 is 1.52 bits per heavy atom. The molecule has 0 fully saturated rings. The summed E-state index contributed by atoms with van der Waals surface area (Å²) in [6, 6.07) is 17.6. The van der Waals surface area contributed by atoms with Crippen LogP contribution in [0.25, 0.3) is 0 Å². The quantitative estimate of drug-likeness (QED) is 0.468. The summed E-state index contributed by atoms with van der Waals surface area (Å²) in [5.74, 6) is -1.29. The zero-order valence-corrected chi connectivity index (χ0v) is 15.9. The molecule has 0 saturated heterocycles. The normalized spacial score (nSPS) is 10.6. The molecule has 0 bridgehead atoms. The summed E-state index contributed by atoms with van der Waals surface area (Å²) >= 11 is 0. The van der Waals surface area contributed by atoms with Crippen LogP contribution in [-0.4, -0.2) is 16.2 Å². The molecule has 0 saturated carbocycles. The highest BCUT2D eigenvalue weighted by Crippen LogP contribution is 2.35. The lowest BCUT2D eigenvalue weighted by Gasteiger charge is -2.20. The van der Waals surface area contributed by atoms with Gasteiger partial charge in [-0.15, -0.1) is 0 Å². The molecule has 0 aromatic heterocycles. The molecule has 2 N–H and O–H groups in total. The van der Waals surface area contributed by atoms with Crippen LogP contribution in [0.3, 0.4) is 0 Å². The Morgan fingerprint density at radius 1 is 0.931 bits per heavy atom. The number of rotatable bonds is 7. The van der Waals surface area contributed by atoms with Gasteiger partial charge in [-0.1, -0.05) is 48.5 Å². The topological polar surface area (TPSA) is 76.0 Å². The van der Waals surface area contributed by atoms with E-state index in [9.17, 15) is 19.4 Å². The standard InChI is InChI=1S/C23H21FO5/c1-15-20(23(27)29-17-10-6-3-7-11-17)22(19(13-26)18(12-25)21(15)24)28-14-16-8-4-2-5-9-16/h2-11,25-26H,12-14H2,1H3. The fraction of sp³-hybridized carbons (Fsp3) is 0.174. The highest BCUT2D eigenvalue weighted by atomic mass is 19.1. The number of halogens is 1. The van der Waals surface area contributed by atoms with Crippen molar-refractivity contribution in [2.24, 2.45) is 0 Å². The summed E-state index contributed by atoms with van der Waals surface area (Å²) in [6.45, 7) is 0.253. The van der Waals surface area contributed by atoms with Gasteiger partial charge < -0.3 is 19.7 Å². The minimum absolute atomic E-state index is 0.000217. The van der Waals surface area contributed by atoms with Crippen LogP contribution in [-0.2, 0) is 19.8 Å². The van der Waals surface area contributed by atoms with Gasteiger partial charge in [0.2, 0.25) is 0 Å². The summed E-state index contributed by atoms with van der Waals surface area (Å²) in [5, 5.41) is 19.4. The third kappa shape index (κ3) is 4.45. The minimum Gasteiger partial charge on any atom is -0.488 e. The SMILES string of the molecule is Cc1c(F)c(CO)c(CO)c(OCc2ccccc2)c1C(=O)Oc1ccccc1. The number of carbonyl (C=O) groups is 1. The Bertz CT molecular complexity index is 987. The van der Waals surface area contributed by atoms with E-state index in [2.05, 4.69) is 0 Å². The Balaban J connectivity index is 2.06. The summed E-state index contributed by atoms with van der Waals surface area (Å²) in [7, 11) is 0. The number of hydrogen-bond donors (Lipinski definition) is 2. The van der Waals surface area contributed by atoms with Crippen LogP contribution in [0.5, 0.6) is 11.5 Å². The molecule has 0 aliphatic carbocycles. The van der Waals surface area contributed by atoms with Crippen molar-refractivity contribution in [3.63, 3.8) is 0 Å². The van der Waals surface area contributed by atoms with Gasteiger partial charge in [0.05, 0.1) is 13.2 Å². The average molecular weight is 396 g/mol. The highest BCUT2D eigenvalue weighted by Gasteiger charge is 2.28. The number of para-hydroxylation sites is 1. The van der Waals surface area contributed by atoms with E-state index in [0.29, 0.717) is 5.75 Å². The minimum atomic E-state index is -0.810. The first-order valence-corrected chi connectivity index (χ1v) is 9.06. The van der Waals surface area contributed by atoms with Crippen LogP contribution in [0, 0.1) is 12.7 Å². The second-order valence-corrected chi connectivity index (χ2v) is 6.39. The van der Waals surface area contributed by atoms with Crippen molar-refractivity contribution < 1.29 is 28.9 Å².